The summed E-state index contributed by atoms with van der Waals surface area (Å²) in [6, 6.07) is 15.0. The zero-order chi connectivity index (χ0) is 21.6. The number of nitrogens with zero attached hydrogens (tertiary/aromatic N) is 1. The first-order valence-electron chi connectivity index (χ1n) is 9.73. The van der Waals surface area contributed by atoms with Gasteiger partial charge in [0.25, 0.3) is 5.91 Å². The molecule has 0 bridgehead atoms. The van der Waals surface area contributed by atoms with Gasteiger partial charge in [-0.2, -0.15) is 0 Å². The number of likely N-dealkylation sites (N-methyl/N-ethyl adjacent to an activating group) is 1. The van der Waals surface area contributed by atoms with E-state index in [-0.39, 0.29) is 12.5 Å². The lowest BCUT2D eigenvalue weighted by molar-refractivity contribution is -0.128. The summed E-state index contributed by atoms with van der Waals surface area (Å²) in [6.07, 6.45) is 2.01. The number of carbonyl (C=O) groups excluding carboxylic acids is 1. The van der Waals surface area contributed by atoms with Crippen LogP contribution in [-0.4, -0.2) is 42.7 Å². The summed E-state index contributed by atoms with van der Waals surface area (Å²) in [5, 5.41) is 11.6. The van der Waals surface area contributed by atoms with Gasteiger partial charge in [0.15, 0.2) is 11.6 Å². The Kier molecular flexibility index (Phi) is 7.29. The van der Waals surface area contributed by atoms with Gasteiger partial charge in [-0.25, -0.2) is 4.99 Å². The van der Waals surface area contributed by atoms with Crippen LogP contribution in [0.1, 0.15) is 30.1 Å². The van der Waals surface area contributed by atoms with Crippen LogP contribution in [0.5, 0.6) is 5.75 Å². The van der Waals surface area contributed by atoms with Crippen LogP contribution in [0, 0.1) is 0 Å². The number of aliphatic hydroxyl groups excluding tert-OH is 1. The summed E-state index contributed by atoms with van der Waals surface area (Å²) in [5.74, 6) is 0.864. The van der Waals surface area contributed by atoms with E-state index in [1.807, 2.05) is 48.5 Å². The zero-order valence-electron chi connectivity index (χ0n) is 16.8. The van der Waals surface area contributed by atoms with Crippen molar-refractivity contribution in [2.45, 2.75) is 24.5 Å². The number of halogens is 1. The molecule has 2 N–H and O–H groups in total. The fourth-order valence-corrected chi connectivity index (χ4v) is 3.65. The third-order valence-corrected chi connectivity index (χ3v) is 5.41. The summed E-state index contributed by atoms with van der Waals surface area (Å²) in [6.45, 7) is 4.36. The molecule has 7 heteroatoms. The van der Waals surface area contributed by atoms with Crippen molar-refractivity contribution in [1.82, 2.24) is 5.32 Å². The molecule has 1 aliphatic rings. The van der Waals surface area contributed by atoms with Crippen LogP contribution in [0.3, 0.4) is 0 Å². The number of nitrogens with one attached hydrogen (secondary N) is 1. The maximum Gasteiger partial charge on any atom is 0.252 e. The van der Waals surface area contributed by atoms with E-state index in [1.165, 1.54) is 0 Å². The van der Waals surface area contributed by atoms with E-state index in [0.29, 0.717) is 31.1 Å². The van der Waals surface area contributed by atoms with Gasteiger partial charge >= 0.3 is 0 Å². The van der Waals surface area contributed by atoms with Crippen LogP contribution in [0.4, 0.5) is 0 Å². The van der Waals surface area contributed by atoms with Crippen molar-refractivity contribution < 1.29 is 19.4 Å². The number of carbonyl (C=O) groups is 1. The first kappa shape index (κ1) is 22.1. The van der Waals surface area contributed by atoms with Crippen molar-refractivity contribution in [2.75, 3.05) is 20.3 Å². The van der Waals surface area contributed by atoms with Gasteiger partial charge in [-0.05, 0) is 42.0 Å². The molecule has 1 amide bonds. The highest BCUT2D eigenvalue weighted by Crippen LogP contribution is 2.42. The summed E-state index contributed by atoms with van der Waals surface area (Å²) in [5.41, 5.74) is 0.462. The average Bonchev–Trinajstić information content (AvgIpc) is 3.15. The molecule has 2 aromatic carbocycles. The minimum absolute atomic E-state index is 0.0883. The summed E-state index contributed by atoms with van der Waals surface area (Å²) < 4.78 is 12.8. The standard InChI is InChI=1S/C23H25BrN2O4/c1-3-13-23(22(28)25-2)20(16-5-9-18(24)10-6-16)30-21(26-23)17-7-11-19(12-8-17)29-15-4-14-27/h3,5-12,20,27H,1,4,13-15H2,2H3,(H,25,28)/t20-,23-/m1/s1. The lowest BCUT2D eigenvalue weighted by Gasteiger charge is -2.29. The third kappa shape index (κ3) is 4.57. The predicted molar refractivity (Wildman–Crippen MR) is 120 cm³/mol. The van der Waals surface area contributed by atoms with Crippen LogP contribution >= 0.6 is 15.9 Å². The Balaban J connectivity index is 1.95. The molecular weight excluding hydrogens is 448 g/mol. The molecule has 0 saturated heterocycles. The molecule has 6 nitrogen and oxygen atoms in total. The SMILES string of the molecule is C=CC[C@@]1(C(=O)NC)N=C(c2ccc(OCCCO)cc2)O[C@@H]1c1ccc(Br)cc1. The number of amides is 1. The molecule has 158 valence electrons. The molecule has 2 atom stereocenters. The van der Waals surface area contributed by atoms with Gasteiger partial charge in [0.05, 0.1) is 6.61 Å². The topological polar surface area (TPSA) is 80.2 Å². The molecule has 1 heterocycles. The summed E-state index contributed by atoms with van der Waals surface area (Å²) in [4.78, 5) is 17.7. The van der Waals surface area contributed by atoms with Crippen LogP contribution in [-0.2, 0) is 9.53 Å². The fraction of sp³-hybridized carbons (Fsp3) is 0.304. The normalized spacial score (nSPS) is 20.2. The van der Waals surface area contributed by atoms with E-state index >= 15 is 0 Å². The maximum atomic E-state index is 13.0. The van der Waals surface area contributed by atoms with Crippen LogP contribution < -0.4 is 10.1 Å². The summed E-state index contributed by atoms with van der Waals surface area (Å²) in [7, 11) is 1.60. The Labute approximate surface area is 184 Å². The smallest absolute Gasteiger partial charge is 0.252 e. The Hall–Kier alpha value is -2.64. The lowest BCUT2D eigenvalue weighted by Crippen LogP contribution is -2.46. The molecule has 0 unspecified atom stereocenters. The quantitative estimate of drug-likeness (QED) is 0.429. The molecule has 0 saturated carbocycles. The number of aliphatic imine (C=N–C) groups is 1. The van der Waals surface area contributed by atoms with Gasteiger partial charge in [0.1, 0.15) is 5.75 Å². The number of hydrogen-bond donors (Lipinski definition) is 2. The molecule has 0 radical (unpaired) electrons. The molecule has 0 aliphatic carbocycles. The Morgan fingerprint density at radius 3 is 2.60 bits per heavy atom. The second-order valence-electron chi connectivity index (χ2n) is 6.91. The highest BCUT2D eigenvalue weighted by molar-refractivity contribution is 9.10. The van der Waals surface area contributed by atoms with Gasteiger partial charge in [-0.15, -0.1) is 6.58 Å². The minimum Gasteiger partial charge on any atom is -0.494 e. The van der Waals surface area contributed by atoms with Gasteiger partial charge in [0.2, 0.25) is 5.90 Å². The van der Waals surface area contributed by atoms with E-state index in [9.17, 15) is 4.79 Å². The molecule has 30 heavy (non-hydrogen) atoms. The van der Waals surface area contributed by atoms with Crippen molar-refractivity contribution in [2.24, 2.45) is 4.99 Å². The van der Waals surface area contributed by atoms with E-state index < -0.39 is 11.6 Å². The first-order chi connectivity index (χ1) is 14.5. The maximum absolute atomic E-state index is 13.0. The number of rotatable bonds is 9. The van der Waals surface area contributed by atoms with Crippen molar-refractivity contribution >= 4 is 27.7 Å². The molecule has 1 aliphatic heterocycles. The second-order valence-corrected chi connectivity index (χ2v) is 7.83. The van der Waals surface area contributed by atoms with Crippen molar-refractivity contribution in [1.29, 1.82) is 0 Å². The number of aliphatic hydroxyl groups is 1. The third-order valence-electron chi connectivity index (χ3n) is 4.89. The molecule has 0 fully saturated rings. The van der Waals surface area contributed by atoms with E-state index in [0.717, 1.165) is 15.6 Å². The van der Waals surface area contributed by atoms with E-state index in [4.69, 9.17) is 19.6 Å². The molecular formula is C23H25BrN2O4. The van der Waals surface area contributed by atoms with E-state index in [1.54, 1.807) is 13.1 Å². The van der Waals surface area contributed by atoms with Crippen LogP contribution in [0.15, 0.2) is 70.7 Å². The molecule has 0 aromatic heterocycles. The van der Waals surface area contributed by atoms with Gasteiger partial charge in [0, 0.05) is 36.5 Å². The van der Waals surface area contributed by atoms with E-state index in [2.05, 4.69) is 27.8 Å². The number of hydrogen-bond acceptors (Lipinski definition) is 5. The predicted octanol–water partition coefficient (Wildman–Crippen LogP) is 3.79. The van der Waals surface area contributed by atoms with Crippen LogP contribution in [0.2, 0.25) is 0 Å². The zero-order valence-corrected chi connectivity index (χ0v) is 18.4. The molecule has 0 spiro atoms. The van der Waals surface area contributed by atoms with Crippen molar-refractivity contribution in [3.63, 3.8) is 0 Å². The Morgan fingerprint density at radius 1 is 1.30 bits per heavy atom. The van der Waals surface area contributed by atoms with Crippen LogP contribution in [0.25, 0.3) is 0 Å². The lowest BCUT2D eigenvalue weighted by atomic mass is 9.84. The highest BCUT2D eigenvalue weighted by atomic mass is 79.9. The molecule has 3 rings (SSSR count). The highest BCUT2D eigenvalue weighted by Gasteiger charge is 2.52. The molecule has 2 aromatic rings. The second kappa shape index (κ2) is 9.91. The Morgan fingerprint density at radius 2 is 2.00 bits per heavy atom. The fourth-order valence-electron chi connectivity index (χ4n) is 3.39. The van der Waals surface area contributed by atoms with Gasteiger partial charge in [-0.1, -0.05) is 34.1 Å². The minimum atomic E-state index is -1.14. The monoisotopic (exact) mass is 472 g/mol. The first-order valence-corrected chi connectivity index (χ1v) is 10.5. The Bertz CT molecular complexity index is 912. The number of ether oxygens (including phenoxy) is 2. The van der Waals surface area contributed by atoms with Crippen molar-refractivity contribution in [3.8, 4) is 5.75 Å². The van der Waals surface area contributed by atoms with Gasteiger partial charge < -0.3 is 19.9 Å². The van der Waals surface area contributed by atoms with Gasteiger partial charge in [-0.3, -0.25) is 4.79 Å². The largest absolute Gasteiger partial charge is 0.494 e. The van der Waals surface area contributed by atoms with Crippen molar-refractivity contribution in [3.05, 3.63) is 76.8 Å². The number of benzene rings is 2. The summed E-state index contributed by atoms with van der Waals surface area (Å²) >= 11 is 3.44. The average molecular weight is 473 g/mol.